The van der Waals surface area contributed by atoms with Crippen LogP contribution in [-0.2, 0) is 0 Å². The molecule has 84 heavy (non-hydrogen) atoms. The van der Waals surface area contributed by atoms with E-state index in [0.29, 0.717) is 5.82 Å². The summed E-state index contributed by atoms with van der Waals surface area (Å²) in [5, 5.41) is 7.59. The van der Waals surface area contributed by atoms with Crippen molar-refractivity contribution in [3.05, 3.63) is 205 Å². The normalized spacial score (nSPS) is 11.4. The average Bonchev–Trinajstić information content (AvgIpc) is 0.938. The van der Waals surface area contributed by atoms with Crippen molar-refractivity contribution in [3.8, 4) is 17.1 Å². The van der Waals surface area contributed by atoms with Gasteiger partial charge in [0.25, 0.3) is 0 Å². The molecule has 1 aromatic heterocycles. The van der Waals surface area contributed by atoms with Gasteiger partial charge in [0.15, 0.2) is 175 Å². The largest absolute Gasteiger partial charge is 0.544 e. The third-order valence-electron chi connectivity index (χ3n) is 11.1. The lowest BCUT2D eigenvalue weighted by Gasteiger charge is -2.20. The Balaban J connectivity index is 0.000000215. The second-order valence-corrected chi connectivity index (χ2v) is 26.9. The first-order valence-corrected chi connectivity index (χ1v) is 28.4. The number of hydrogen-bond donors (Lipinski definition) is 0. The first-order valence-electron chi connectivity index (χ1n) is 21.5. The maximum Gasteiger partial charge on any atom is 0.413 e. The topological polar surface area (TPSA) is 49.1 Å². The molecule has 444 valence electrons. The molecule has 0 spiro atoms. The molecule has 4 nitrogen and oxygen atoms in total. The van der Waals surface area contributed by atoms with Crippen molar-refractivity contribution in [1.82, 2.24) is 15.2 Å². The van der Waals surface area contributed by atoms with Crippen molar-refractivity contribution in [2.75, 3.05) is 0 Å². The number of aromatic nitrogens is 3. The lowest BCUT2D eigenvalue weighted by Crippen LogP contribution is -2.60. The molecule has 37 heteroatoms. The molecule has 0 aliphatic heterocycles. The third kappa shape index (κ3) is 11.6. The molecular formula is C47H14Al2F30N3OSi-. The van der Waals surface area contributed by atoms with Gasteiger partial charge in [-0.15, -0.1) is 0 Å². The van der Waals surface area contributed by atoms with Crippen LogP contribution in [0.5, 0.6) is 5.75 Å². The van der Waals surface area contributed by atoms with E-state index in [0.717, 1.165) is 11.3 Å². The smallest absolute Gasteiger partial charge is 0.413 e. The number of nitrogens with zero attached hydrogens (tertiary/aromatic N) is 3. The van der Waals surface area contributed by atoms with Gasteiger partial charge in [0.05, 0.1) is 0 Å². The Hall–Kier alpha value is -7.34. The Bertz CT molecular complexity index is 3250. The molecule has 0 aliphatic carbocycles. The summed E-state index contributed by atoms with van der Waals surface area (Å²) >= 11 is -11.9. The summed E-state index contributed by atoms with van der Waals surface area (Å²) in [6.45, 7) is 6.47. The van der Waals surface area contributed by atoms with Crippen LogP contribution in [0, 0.1) is 175 Å². The van der Waals surface area contributed by atoms with Crippen LogP contribution in [0.2, 0.25) is 19.6 Å². The van der Waals surface area contributed by atoms with E-state index in [2.05, 4.69) is 34.8 Å². The van der Waals surface area contributed by atoms with Gasteiger partial charge in [-0.3, -0.25) is 0 Å². The monoisotopic (exact) mass is 1290 g/mol. The zero-order chi connectivity index (χ0) is 63.5. The highest BCUT2D eigenvalue weighted by Crippen LogP contribution is 2.27. The van der Waals surface area contributed by atoms with Gasteiger partial charge in [-0.05, 0) is 70.2 Å². The maximum atomic E-state index is 14.4. The predicted octanol–water partition coefficient (Wildman–Crippen LogP) is 10.9. The second-order valence-electron chi connectivity index (χ2n) is 17.3. The number of hydrogen-bond acceptors (Lipinski definition) is 3. The Morgan fingerprint density at radius 1 is 0.286 bits per heavy atom. The van der Waals surface area contributed by atoms with Crippen molar-refractivity contribution < 1.29 is 136 Å². The van der Waals surface area contributed by atoms with E-state index in [9.17, 15) is 132 Å². The first kappa shape index (κ1) is 65.8. The van der Waals surface area contributed by atoms with Gasteiger partial charge in [-0.25, -0.2) is 132 Å². The highest BCUT2D eigenvalue weighted by atomic mass is 28.4. The molecule has 0 fully saturated rings. The SMILES string of the molecule is C[Si](C)(C)Oc1ccc(-c2nnc[n-]2)cc1.Fc1c(F)c(F)[c]([Al]([c]2c(F)c(F)c(F)c(F)c2F)[c]2c(F)c(F)c(F)c(F)c2F)c(F)c1F.Fc1c(F)c(F)[c]([Al]([c]2c(F)c(F)c(F)c(F)c2F)[c]2c(F)c(F)c(F)c(F)c2F)c(F)c1F. The number of rotatable bonds is 9. The van der Waals surface area contributed by atoms with Crippen LogP contribution < -0.4 is 36.0 Å². The van der Waals surface area contributed by atoms with E-state index in [-0.39, 0.29) is 0 Å². The lowest BCUT2D eigenvalue weighted by atomic mass is 10.2. The Labute approximate surface area is 455 Å². The minimum Gasteiger partial charge on any atom is -0.544 e. The zero-order valence-electron chi connectivity index (χ0n) is 40.1. The molecule has 1 heterocycles. The lowest BCUT2D eigenvalue weighted by molar-refractivity contribution is 0.380. The summed E-state index contributed by atoms with van der Waals surface area (Å²) in [6, 6.07) is 7.80. The van der Waals surface area contributed by atoms with Crippen LogP contribution in [-0.4, -0.2) is 46.8 Å². The van der Waals surface area contributed by atoms with Gasteiger partial charge in [0, 0.05) is 5.82 Å². The highest BCUT2D eigenvalue weighted by molar-refractivity contribution is 6.96. The second kappa shape index (κ2) is 24.7. The quantitative estimate of drug-likeness (QED) is 0.0625. The van der Waals surface area contributed by atoms with Crippen LogP contribution in [0.25, 0.3) is 11.4 Å². The molecular weight excluding hydrogens is 1270 g/mol. The average molecular weight is 1290 g/mol. The van der Waals surface area contributed by atoms with Crippen molar-refractivity contribution in [3.63, 3.8) is 0 Å². The van der Waals surface area contributed by atoms with Crippen LogP contribution >= 0.6 is 0 Å². The van der Waals surface area contributed by atoms with Gasteiger partial charge in [-0.1, -0.05) is 12.1 Å². The maximum absolute atomic E-state index is 14.4. The van der Waals surface area contributed by atoms with Crippen LogP contribution in [0.4, 0.5) is 132 Å². The molecule has 0 bridgehead atoms. The summed E-state index contributed by atoms with van der Waals surface area (Å²) in [5.74, 6) is -87.6. The third-order valence-corrected chi connectivity index (χ3v) is 18.5. The summed E-state index contributed by atoms with van der Waals surface area (Å²) in [4.78, 5) is 4.04. The summed E-state index contributed by atoms with van der Waals surface area (Å²) in [6.07, 6.45) is 1.45. The molecule has 0 saturated heterocycles. The van der Waals surface area contributed by atoms with E-state index < -0.39 is 238 Å². The van der Waals surface area contributed by atoms with Crippen molar-refractivity contribution in [2.24, 2.45) is 0 Å². The molecule has 0 N–H and O–H groups in total. The molecule has 0 radical (unpaired) electrons. The Morgan fingerprint density at radius 3 is 0.619 bits per heavy atom. The van der Waals surface area contributed by atoms with Gasteiger partial charge >= 0.3 is 28.3 Å². The van der Waals surface area contributed by atoms with Gasteiger partial charge in [0.1, 0.15) is 5.75 Å². The predicted molar refractivity (Wildman–Crippen MR) is 231 cm³/mol. The van der Waals surface area contributed by atoms with E-state index in [1.807, 2.05) is 24.3 Å². The molecule has 8 aromatic rings. The molecule has 0 aliphatic rings. The van der Waals surface area contributed by atoms with Gasteiger partial charge in [0.2, 0.25) is 8.32 Å². The highest BCUT2D eigenvalue weighted by Gasteiger charge is 2.49. The summed E-state index contributed by atoms with van der Waals surface area (Å²) < 4.78 is 409. The fraction of sp³-hybridized carbons (Fsp3) is 0.0638. The molecule has 0 unspecified atom stereocenters. The first-order chi connectivity index (χ1) is 38.9. The Morgan fingerprint density at radius 2 is 0.464 bits per heavy atom. The van der Waals surface area contributed by atoms with Crippen molar-refractivity contribution in [1.29, 1.82) is 0 Å². The van der Waals surface area contributed by atoms with E-state index in [1.165, 1.54) is 6.33 Å². The van der Waals surface area contributed by atoms with E-state index >= 15 is 0 Å². The standard InChI is InChI=1S/C11H14N3OSi.6C6F5.2Al/c1-16(2,3)15-10-6-4-9(5-7-10)11-12-8-13-14-11;6*7-2-1-3(8)5(10)6(11)4(2)9;;/h4-8H,1-3H3;;;;;;;;/q-1;;;;;;;;. The molecule has 8 rings (SSSR count). The van der Waals surface area contributed by atoms with E-state index in [1.54, 1.807) is 0 Å². The molecule has 0 amide bonds. The Kier molecular flexibility index (Phi) is 19.4. The molecule has 7 aromatic carbocycles. The zero-order valence-corrected chi connectivity index (χ0v) is 43.4. The van der Waals surface area contributed by atoms with Crippen LogP contribution in [0.15, 0.2) is 30.6 Å². The van der Waals surface area contributed by atoms with E-state index in [4.69, 9.17) is 4.43 Å². The fourth-order valence-electron chi connectivity index (χ4n) is 7.46. The van der Waals surface area contributed by atoms with Crippen LogP contribution in [0.1, 0.15) is 0 Å². The number of benzene rings is 7. The summed E-state index contributed by atoms with van der Waals surface area (Å²) in [5.41, 5.74) is 0.959. The minimum absolute atomic E-state index is 0.652. The number of halogens is 30. The molecule has 0 atom stereocenters. The van der Waals surface area contributed by atoms with Gasteiger partial charge < -0.3 is 19.6 Å². The van der Waals surface area contributed by atoms with Crippen LogP contribution in [0.3, 0.4) is 0 Å². The summed E-state index contributed by atoms with van der Waals surface area (Å²) in [7, 11) is -1.53. The molecule has 0 saturated carbocycles. The van der Waals surface area contributed by atoms with Gasteiger partial charge in [-0.2, -0.15) is 0 Å². The van der Waals surface area contributed by atoms with Crippen molar-refractivity contribution >= 4 is 63.2 Å². The van der Waals surface area contributed by atoms with Crippen molar-refractivity contribution in [2.45, 2.75) is 19.6 Å². The minimum atomic E-state index is -5.96. The fourth-order valence-corrected chi connectivity index (χ4v) is 14.6.